The number of carbonyl (C=O) groups is 3. The molecule has 0 amide bonds. The van der Waals surface area contributed by atoms with Gasteiger partial charge in [-0.2, -0.15) is 0 Å². The Bertz CT molecular complexity index is 1020. The maximum atomic E-state index is 13.3. The molecule has 1 fully saturated rings. The van der Waals surface area contributed by atoms with Gasteiger partial charge in [0.15, 0.2) is 18.4 Å². The highest BCUT2D eigenvalue weighted by molar-refractivity contribution is 6.14. The molecule has 0 saturated heterocycles. The summed E-state index contributed by atoms with van der Waals surface area (Å²) < 4.78 is 10.9. The van der Waals surface area contributed by atoms with Crippen LogP contribution in [0.5, 0.6) is 11.5 Å². The number of Topliss-reactive ketones (excluding diaryl/α,β-unsaturated/α-hetero) is 1. The monoisotopic (exact) mass is 418 g/mol. The van der Waals surface area contributed by atoms with Crippen molar-refractivity contribution in [2.24, 2.45) is 0 Å². The number of hydrogen-bond donors (Lipinski definition) is 0. The quantitative estimate of drug-likeness (QED) is 0.478. The van der Waals surface area contributed by atoms with Gasteiger partial charge >= 0.3 is 0 Å². The summed E-state index contributed by atoms with van der Waals surface area (Å²) in [5.74, 6) is 0.889. The van der Waals surface area contributed by atoms with Crippen LogP contribution in [-0.2, 0) is 4.79 Å². The number of benzene rings is 2. The maximum absolute atomic E-state index is 13.3. The smallest absolute Gasteiger partial charge is 0.185 e. The highest BCUT2D eigenvalue weighted by Gasteiger charge is 2.22. The lowest BCUT2D eigenvalue weighted by molar-refractivity contribution is -0.112. The average Bonchev–Trinajstić information content (AvgIpc) is 2.75. The second kappa shape index (κ2) is 9.56. The molecule has 0 aromatic heterocycles. The van der Waals surface area contributed by atoms with Crippen LogP contribution in [0.15, 0.2) is 35.4 Å². The molecule has 2 aromatic rings. The van der Waals surface area contributed by atoms with Crippen LogP contribution >= 0.6 is 0 Å². The fraction of sp³-hybridized carbons (Fsp3) is 0.269. The van der Waals surface area contributed by atoms with E-state index in [9.17, 15) is 14.4 Å². The van der Waals surface area contributed by atoms with Crippen molar-refractivity contribution in [3.63, 3.8) is 0 Å². The molecule has 1 saturated carbocycles. The van der Waals surface area contributed by atoms with Crippen molar-refractivity contribution in [3.8, 4) is 11.5 Å². The van der Waals surface area contributed by atoms with Gasteiger partial charge in [-0.15, -0.1) is 0 Å². The Balaban J connectivity index is 2.06. The second-order valence-electron chi connectivity index (χ2n) is 7.71. The van der Waals surface area contributed by atoms with Crippen LogP contribution < -0.4 is 9.47 Å². The molecule has 0 atom stereocenters. The fourth-order valence-electron chi connectivity index (χ4n) is 4.07. The lowest BCUT2D eigenvalue weighted by Crippen LogP contribution is -2.12. The summed E-state index contributed by atoms with van der Waals surface area (Å²) in [6.45, 7) is 3.80. The van der Waals surface area contributed by atoms with E-state index < -0.39 is 0 Å². The zero-order chi connectivity index (χ0) is 22.5. The van der Waals surface area contributed by atoms with Gasteiger partial charge in [-0.25, -0.2) is 0 Å². The zero-order valence-corrected chi connectivity index (χ0v) is 18.3. The summed E-state index contributed by atoms with van der Waals surface area (Å²) in [6.07, 6.45) is 7.28. The topological polar surface area (TPSA) is 69.7 Å². The molecule has 0 radical (unpaired) electrons. The van der Waals surface area contributed by atoms with Crippen LogP contribution in [0.3, 0.4) is 0 Å². The molecule has 31 heavy (non-hydrogen) atoms. The Labute approximate surface area is 182 Å². The fourth-order valence-corrected chi connectivity index (χ4v) is 4.07. The molecule has 2 aromatic carbocycles. The van der Waals surface area contributed by atoms with Crippen LogP contribution in [-0.4, -0.2) is 32.6 Å². The zero-order valence-electron chi connectivity index (χ0n) is 18.3. The summed E-state index contributed by atoms with van der Waals surface area (Å²) in [7, 11) is 3.03. The van der Waals surface area contributed by atoms with Crippen molar-refractivity contribution in [2.75, 3.05) is 14.2 Å². The van der Waals surface area contributed by atoms with Crippen molar-refractivity contribution >= 4 is 30.5 Å². The Morgan fingerprint density at radius 2 is 1.10 bits per heavy atom. The molecular weight excluding hydrogens is 392 g/mol. The highest BCUT2D eigenvalue weighted by Crippen LogP contribution is 2.34. The van der Waals surface area contributed by atoms with E-state index in [2.05, 4.69) is 0 Å². The number of rotatable bonds is 6. The molecule has 1 aliphatic rings. The Kier molecular flexibility index (Phi) is 6.85. The predicted octanol–water partition coefficient (Wildman–Crippen LogP) is 5.17. The first-order chi connectivity index (χ1) is 14.9. The third kappa shape index (κ3) is 4.66. The van der Waals surface area contributed by atoms with E-state index >= 15 is 0 Å². The summed E-state index contributed by atoms with van der Waals surface area (Å²) in [5, 5.41) is 0. The summed E-state index contributed by atoms with van der Waals surface area (Å²) in [4.78, 5) is 36.1. The normalized spacial score (nSPS) is 16.5. The summed E-state index contributed by atoms with van der Waals surface area (Å²) in [6, 6.07) is 7.33. The van der Waals surface area contributed by atoms with E-state index in [-0.39, 0.29) is 5.78 Å². The standard InChI is InChI=1S/C26H26O5/c1-16-8-20(25(30-3)22(10-16)14-27)12-18-6-5-7-19(24(18)29)13-21-9-17(2)11-23(15-28)26(21)31-4/h8-15H,5-7H2,1-4H3/b18-12+,19-13+. The lowest BCUT2D eigenvalue weighted by Gasteiger charge is -2.18. The summed E-state index contributed by atoms with van der Waals surface area (Å²) >= 11 is 0. The van der Waals surface area contributed by atoms with E-state index in [1.165, 1.54) is 14.2 Å². The van der Waals surface area contributed by atoms with E-state index in [0.717, 1.165) is 30.1 Å². The van der Waals surface area contributed by atoms with Crippen molar-refractivity contribution in [2.45, 2.75) is 33.1 Å². The van der Waals surface area contributed by atoms with Gasteiger partial charge in [0.1, 0.15) is 11.5 Å². The minimum Gasteiger partial charge on any atom is -0.495 e. The van der Waals surface area contributed by atoms with Gasteiger partial charge in [0.05, 0.1) is 25.3 Å². The third-order valence-electron chi connectivity index (χ3n) is 5.38. The molecule has 0 bridgehead atoms. The second-order valence-corrected chi connectivity index (χ2v) is 7.71. The van der Waals surface area contributed by atoms with Gasteiger partial charge in [-0.1, -0.05) is 0 Å². The number of ether oxygens (including phenoxy) is 2. The van der Waals surface area contributed by atoms with Crippen molar-refractivity contribution in [1.29, 1.82) is 0 Å². The van der Waals surface area contributed by atoms with Crippen molar-refractivity contribution in [1.82, 2.24) is 0 Å². The highest BCUT2D eigenvalue weighted by atomic mass is 16.5. The molecule has 3 rings (SSSR count). The van der Waals surface area contributed by atoms with Crippen LogP contribution in [0.25, 0.3) is 12.2 Å². The number of aryl methyl sites for hydroxylation is 2. The van der Waals surface area contributed by atoms with Crippen LogP contribution in [0.2, 0.25) is 0 Å². The average molecular weight is 418 g/mol. The molecule has 5 nitrogen and oxygen atoms in total. The largest absolute Gasteiger partial charge is 0.495 e. The lowest BCUT2D eigenvalue weighted by atomic mass is 9.86. The van der Waals surface area contributed by atoms with Crippen LogP contribution in [0, 0.1) is 13.8 Å². The first-order valence-corrected chi connectivity index (χ1v) is 10.1. The van der Waals surface area contributed by atoms with Crippen LogP contribution in [0.4, 0.5) is 0 Å². The number of aldehydes is 2. The predicted molar refractivity (Wildman–Crippen MR) is 121 cm³/mol. The minimum atomic E-state index is -0.0429. The minimum absolute atomic E-state index is 0.0429. The van der Waals surface area contributed by atoms with Gasteiger partial charge in [-0.05, 0) is 80.7 Å². The third-order valence-corrected chi connectivity index (χ3v) is 5.38. The van der Waals surface area contributed by atoms with E-state index in [4.69, 9.17) is 9.47 Å². The van der Waals surface area contributed by atoms with Gasteiger partial charge in [-0.3, -0.25) is 14.4 Å². The first-order valence-electron chi connectivity index (χ1n) is 10.1. The molecule has 0 spiro atoms. The first kappa shape index (κ1) is 22.2. The molecule has 0 aliphatic heterocycles. The Morgan fingerprint density at radius 3 is 1.45 bits per heavy atom. The molecule has 160 valence electrons. The van der Waals surface area contributed by atoms with E-state index in [1.807, 2.05) is 38.1 Å². The Morgan fingerprint density at radius 1 is 0.710 bits per heavy atom. The van der Waals surface area contributed by atoms with Gasteiger partial charge in [0, 0.05) is 22.3 Å². The number of methoxy groups -OCH3 is 2. The number of carbonyl (C=O) groups excluding carboxylic acids is 3. The van der Waals surface area contributed by atoms with Crippen LogP contribution in [0.1, 0.15) is 62.2 Å². The number of hydrogen-bond acceptors (Lipinski definition) is 5. The SMILES string of the molecule is COc1c(C=O)cc(C)cc1/C=C1\CCC/C(=C\c2cc(C)cc(C=O)c2OC)C1=O. The number of ketones is 1. The van der Waals surface area contributed by atoms with Gasteiger partial charge in [0.25, 0.3) is 0 Å². The van der Waals surface area contributed by atoms with Crippen molar-refractivity contribution < 1.29 is 23.9 Å². The summed E-state index contributed by atoms with van der Waals surface area (Å²) in [5.41, 5.74) is 5.51. The molecule has 0 N–H and O–H groups in total. The molecule has 1 aliphatic carbocycles. The van der Waals surface area contributed by atoms with Gasteiger partial charge in [0.2, 0.25) is 0 Å². The number of allylic oxidation sites excluding steroid dienone is 2. The van der Waals surface area contributed by atoms with Gasteiger partial charge < -0.3 is 9.47 Å². The van der Waals surface area contributed by atoms with E-state index in [0.29, 0.717) is 57.7 Å². The van der Waals surface area contributed by atoms with E-state index in [1.54, 1.807) is 12.1 Å². The maximum Gasteiger partial charge on any atom is 0.185 e. The molecular formula is C26H26O5. The van der Waals surface area contributed by atoms with Crippen molar-refractivity contribution in [3.05, 3.63) is 68.8 Å². The molecule has 5 heteroatoms. The Hall–Kier alpha value is -3.47. The molecule has 0 heterocycles. The molecule has 0 unspecified atom stereocenters.